The monoisotopic (exact) mass is 282 g/mol. The molecule has 2 nitrogen and oxygen atoms in total. The number of para-hydroxylation sites is 2. The molecule has 1 aliphatic heterocycles. The standard InChI is InChI=1S/C20H14N2/c1-3-9-16-13(6-1)12-14-7-5-11-18-19(14)20(22-16)15-8-2-4-10-17(15)21-18/h1-11,22H,12H2. The van der Waals surface area contributed by atoms with Crippen molar-refractivity contribution < 1.29 is 0 Å². The summed E-state index contributed by atoms with van der Waals surface area (Å²) in [7, 11) is 0. The third-order valence-corrected chi connectivity index (χ3v) is 4.45. The number of benzene rings is 3. The molecule has 22 heavy (non-hydrogen) atoms. The SMILES string of the molecule is c1ccc2c(c1)Cc1cccc3nc4ccccc4c(c13)N2. The highest BCUT2D eigenvalue weighted by atomic mass is 14.9. The topological polar surface area (TPSA) is 24.9 Å². The van der Waals surface area contributed by atoms with Crippen LogP contribution in [0.25, 0.3) is 21.8 Å². The molecule has 4 aromatic rings. The maximum atomic E-state index is 4.85. The van der Waals surface area contributed by atoms with Gasteiger partial charge in [-0.15, -0.1) is 0 Å². The van der Waals surface area contributed by atoms with E-state index in [0.29, 0.717) is 0 Å². The quantitative estimate of drug-likeness (QED) is 0.403. The highest BCUT2D eigenvalue weighted by molar-refractivity contribution is 6.10. The lowest BCUT2D eigenvalue weighted by Gasteiger charge is -2.13. The Morgan fingerprint density at radius 1 is 0.727 bits per heavy atom. The summed E-state index contributed by atoms with van der Waals surface area (Å²) < 4.78 is 0. The fourth-order valence-corrected chi connectivity index (χ4v) is 3.43. The molecule has 0 spiro atoms. The van der Waals surface area contributed by atoms with Crippen molar-refractivity contribution in [3.63, 3.8) is 0 Å². The van der Waals surface area contributed by atoms with Crippen LogP contribution in [0.3, 0.4) is 0 Å². The molecule has 5 rings (SSSR count). The van der Waals surface area contributed by atoms with Crippen LogP contribution in [0.1, 0.15) is 11.1 Å². The minimum Gasteiger partial charge on any atom is -0.354 e. The van der Waals surface area contributed by atoms with Crippen molar-refractivity contribution in [2.75, 3.05) is 5.32 Å². The van der Waals surface area contributed by atoms with Crippen LogP contribution in [0.2, 0.25) is 0 Å². The third-order valence-electron chi connectivity index (χ3n) is 4.45. The van der Waals surface area contributed by atoms with Crippen LogP contribution >= 0.6 is 0 Å². The predicted octanol–water partition coefficient (Wildman–Crippen LogP) is 5.04. The van der Waals surface area contributed by atoms with Crippen LogP contribution in [0, 0.1) is 0 Å². The second-order valence-electron chi connectivity index (χ2n) is 5.77. The third kappa shape index (κ3) is 1.58. The summed E-state index contributed by atoms with van der Waals surface area (Å²) in [6.45, 7) is 0. The smallest absolute Gasteiger partial charge is 0.0733 e. The van der Waals surface area contributed by atoms with Crippen molar-refractivity contribution in [3.8, 4) is 0 Å². The van der Waals surface area contributed by atoms with Crippen LogP contribution < -0.4 is 5.32 Å². The molecular formula is C20H14N2. The molecular weight excluding hydrogens is 268 g/mol. The van der Waals surface area contributed by atoms with E-state index >= 15 is 0 Å². The Morgan fingerprint density at radius 2 is 1.50 bits per heavy atom. The van der Waals surface area contributed by atoms with Gasteiger partial charge in [0.25, 0.3) is 0 Å². The number of anilines is 2. The second-order valence-corrected chi connectivity index (χ2v) is 5.77. The van der Waals surface area contributed by atoms with Gasteiger partial charge in [0.2, 0.25) is 0 Å². The molecule has 2 heterocycles. The first kappa shape index (κ1) is 11.8. The number of fused-ring (bicyclic) bond motifs is 3. The van der Waals surface area contributed by atoms with Gasteiger partial charge in [0.15, 0.2) is 0 Å². The normalized spacial score (nSPS) is 12.7. The van der Waals surface area contributed by atoms with Crippen molar-refractivity contribution in [1.29, 1.82) is 0 Å². The molecule has 104 valence electrons. The van der Waals surface area contributed by atoms with Gasteiger partial charge in [0.05, 0.1) is 16.7 Å². The molecule has 0 saturated carbocycles. The summed E-state index contributed by atoms with van der Waals surface area (Å²) in [5.74, 6) is 0. The van der Waals surface area contributed by atoms with E-state index in [2.05, 4.69) is 66.0 Å². The molecule has 0 amide bonds. The molecule has 0 radical (unpaired) electrons. The fraction of sp³-hybridized carbons (Fsp3) is 0.0500. The Morgan fingerprint density at radius 3 is 2.50 bits per heavy atom. The molecule has 3 aromatic carbocycles. The highest BCUT2D eigenvalue weighted by Gasteiger charge is 2.17. The molecule has 1 N–H and O–H groups in total. The van der Waals surface area contributed by atoms with Crippen LogP contribution in [0.5, 0.6) is 0 Å². The van der Waals surface area contributed by atoms with Gasteiger partial charge in [-0.05, 0) is 29.3 Å². The van der Waals surface area contributed by atoms with Gasteiger partial charge in [-0.25, -0.2) is 4.98 Å². The number of hydrogen-bond acceptors (Lipinski definition) is 2. The number of aromatic nitrogens is 1. The van der Waals surface area contributed by atoms with E-state index in [1.54, 1.807) is 0 Å². The lowest BCUT2D eigenvalue weighted by Crippen LogP contribution is -1.94. The molecule has 2 heteroatoms. The fourth-order valence-electron chi connectivity index (χ4n) is 3.43. The van der Waals surface area contributed by atoms with Crippen LogP contribution in [-0.2, 0) is 6.42 Å². The zero-order chi connectivity index (χ0) is 14.5. The average molecular weight is 282 g/mol. The minimum absolute atomic E-state index is 0.938. The van der Waals surface area contributed by atoms with Gasteiger partial charge in [-0.2, -0.15) is 0 Å². The molecule has 1 aliphatic rings. The van der Waals surface area contributed by atoms with Gasteiger partial charge >= 0.3 is 0 Å². The van der Waals surface area contributed by atoms with Crippen LogP contribution in [-0.4, -0.2) is 4.98 Å². The van der Waals surface area contributed by atoms with E-state index in [1.165, 1.54) is 33.3 Å². The summed E-state index contributed by atoms with van der Waals surface area (Å²) >= 11 is 0. The summed E-state index contributed by atoms with van der Waals surface area (Å²) in [5.41, 5.74) is 7.14. The van der Waals surface area contributed by atoms with Crippen molar-refractivity contribution in [2.45, 2.75) is 6.42 Å². The highest BCUT2D eigenvalue weighted by Crippen LogP contribution is 2.39. The molecule has 0 saturated heterocycles. The Balaban J connectivity index is 1.98. The first-order chi connectivity index (χ1) is 10.9. The number of rotatable bonds is 0. The van der Waals surface area contributed by atoms with Crippen LogP contribution in [0.4, 0.5) is 11.4 Å². The average Bonchev–Trinajstić information content (AvgIpc) is 2.73. The zero-order valence-electron chi connectivity index (χ0n) is 12.0. The Labute approximate surface area is 128 Å². The Kier molecular flexibility index (Phi) is 2.30. The van der Waals surface area contributed by atoms with Crippen molar-refractivity contribution in [1.82, 2.24) is 4.98 Å². The lowest BCUT2D eigenvalue weighted by atomic mass is 9.99. The maximum Gasteiger partial charge on any atom is 0.0733 e. The van der Waals surface area contributed by atoms with Crippen molar-refractivity contribution in [3.05, 3.63) is 77.9 Å². The van der Waals surface area contributed by atoms with Gasteiger partial charge in [0, 0.05) is 22.9 Å². The molecule has 1 aromatic heterocycles. The number of nitrogens with one attached hydrogen (secondary N) is 1. The van der Waals surface area contributed by atoms with E-state index in [9.17, 15) is 0 Å². The van der Waals surface area contributed by atoms with Gasteiger partial charge in [-0.1, -0.05) is 48.5 Å². The number of pyridine rings is 1. The van der Waals surface area contributed by atoms with Crippen LogP contribution in [0.15, 0.2) is 66.7 Å². The van der Waals surface area contributed by atoms with Gasteiger partial charge in [-0.3, -0.25) is 0 Å². The number of hydrogen-bond donors (Lipinski definition) is 1. The second kappa shape index (κ2) is 4.31. The molecule has 0 bridgehead atoms. The predicted molar refractivity (Wildman–Crippen MR) is 91.8 cm³/mol. The summed E-state index contributed by atoms with van der Waals surface area (Å²) in [5, 5.41) is 6.10. The van der Waals surface area contributed by atoms with E-state index < -0.39 is 0 Å². The Bertz CT molecular complexity index is 1030. The molecule has 0 aliphatic carbocycles. The molecule has 0 atom stereocenters. The van der Waals surface area contributed by atoms with Crippen molar-refractivity contribution >= 4 is 33.2 Å². The van der Waals surface area contributed by atoms with E-state index in [-0.39, 0.29) is 0 Å². The van der Waals surface area contributed by atoms with Gasteiger partial charge in [0.1, 0.15) is 0 Å². The first-order valence-electron chi connectivity index (χ1n) is 7.55. The zero-order valence-corrected chi connectivity index (χ0v) is 12.0. The minimum atomic E-state index is 0.938. The lowest BCUT2D eigenvalue weighted by molar-refractivity contribution is 1.22. The molecule has 0 fully saturated rings. The summed E-state index contributed by atoms with van der Waals surface area (Å²) in [4.78, 5) is 4.85. The van der Waals surface area contributed by atoms with Gasteiger partial charge < -0.3 is 5.32 Å². The Hall–Kier alpha value is -2.87. The molecule has 0 unspecified atom stereocenters. The van der Waals surface area contributed by atoms with E-state index in [4.69, 9.17) is 4.98 Å². The van der Waals surface area contributed by atoms with E-state index in [1.807, 2.05) is 6.07 Å². The summed E-state index contributed by atoms with van der Waals surface area (Å²) in [6, 6.07) is 23.3. The number of nitrogens with zero attached hydrogens (tertiary/aromatic N) is 1. The largest absolute Gasteiger partial charge is 0.354 e. The first-order valence-corrected chi connectivity index (χ1v) is 7.55. The maximum absolute atomic E-state index is 4.85. The van der Waals surface area contributed by atoms with E-state index in [0.717, 1.165) is 17.5 Å². The summed E-state index contributed by atoms with van der Waals surface area (Å²) in [6.07, 6.45) is 0.938. The van der Waals surface area contributed by atoms with Crippen molar-refractivity contribution in [2.24, 2.45) is 0 Å².